The summed E-state index contributed by atoms with van der Waals surface area (Å²) in [6.45, 7) is 0.311. The molecular formula is C14H13BrFNO. The van der Waals surface area contributed by atoms with Crippen LogP contribution in [-0.4, -0.2) is 6.61 Å². The maximum atomic E-state index is 13.0. The average Bonchev–Trinajstić information content (AvgIpc) is 2.38. The molecule has 0 fully saturated rings. The lowest BCUT2D eigenvalue weighted by molar-refractivity contribution is 0.290. The van der Waals surface area contributed by atoms with Gasteiger partial charge in [0.25, 0.3) is 0 Å². The molecule has 0 aliphatic rings. The molecule has 94 valence electrons. The standard InChI is InChI=1S/C14H13BrFNO/c15-11-4-6-13(7-5-11)18-9-14(17)10-2-1-3-12(16)8-10/h1-8,14H,9,17H2. The van der Waals surface area contributed by atoms with Gasteiger partial charge in [0.05, 0.1) is 6.04 Å². The van der Waals surface area contributed by atoms with Gasteiger partial charge in [-0.25, -0.2) is 4.39 Å². The fourth-order valence-electron chi connectivity index (χ4n) is 1.55. The summed E-state index contributed by atoms with van der Waals surface area (Å²) in [5, 5.41) is 0. The molecule has 2 aromatic carbocycles. The van der Waals surface area contributed by atoms with Crippen molar-refractivity contribution < 1.29 is 9.13 Å². The van der Waals surface area contributed by atoms with Crippen molar-refractivity contribution >= 4 is 15.9 Å². The van der Waals surface area contributed by atoms with Gasteiger partial charge in [-0.15, -0.1) is 0 Å². The molecule has 0 amide bonds. The highest BCUT2D eigenvalue weighted by Crippen LogP contribution is 2.18. The largest absolute Gasteiger partial charge is 0.492 e. The Morgan fingerprint density at radius 3 is 2.56 bits per heavy atom. The van der Waals surface area contributed by atoms with E-state index in [1.807, 2.05) is 24.3 Å². The Morgan fingerprint density at radius 1 is 1.17 bits per heavy atom. The summed E-state index contributed by atoms with van der Waals surface area (Å²) in [5.74, 6) is 0.455. The number of benzene rings is 2. The van der Waals surface area contributed by atoms with Gasteiger partial charge in [-0.05, 0) is 42.0 Å². The van der Waals surface area contributed by atoms with Gasteiger partial charge in [0.15, 0.2) is 0 Å². The predicted molar refractivity (Wildman–Crippen MR) is 73.0 cm³/mol. The van der Waals surface area contributed by atoms with Crippen LogP contribution in [0.15, 0.2) is 53.0 Å². The van der Waals surface area contributed by atoms with E-state index in [-0.39, 0.29) is 11.9 Å². The van der Waals surface area contributed by atoms with Crippen LogP contribution in [0.4, 0.5) is 4.39 Å². The Bertz CT molecular complexity index is 515. The van der Waals surface area contributed by atoms with Crippen LogP contribution in [0, 0.1) is 5.82 Å². The number of hydrogen-bond donors (Lipinski definition) is 1. The van der Waals surface area contributed by atoms with Crippen LogP contribution in [0.5, 0.6) is 5.75 Å². The van der Waals surface area contributed by atoms with Crippen LogP contribution in [0.2, 0.25) is 0 Å². The highest BCUT2D eigenvalue weighted by molar-refractivity contribution is 9.10. The molecule has 1 unspecified atom stereocenters. The molecule has 2 nitrogen and oxygen atoms in total. The lowest BCUT2D eigenvalue weighted by Crippen LogP contribution is -2.19. The van der Waals surface area contributed by atoms with Crippen LogP contribution in [0.1, 0.15) is 11.6 Å². The van der Waals surface area contributed by atoms with Crippen LogP contribution >= 0.6 is 15.9 Å². The number of ether oxygens (including phenoxy) is 1. The van der Waals surface area contributed by atoms with Gasteiger partial charge in [0, 0.05) is 4.47 Å². The lowest BCUT2D eigenvalue weighted by Gasteiger charge is -2.13. The van der Waals surface area contributed by atoms with Gasteiger partial charge in [0.2, 0.25) is 0 Å². The van der Waals surface area contributed by atoms with Crippen molar-refractivity contribution in [3.8, 4) is 5.75 Å². The van der Waals surface area contributed by atoms with Gasteiger partial charge >= 0.3 is 0 Å². The fourth-order valence-corrected chi connectivity index (χ4v) is 1.81. The Kier molecular flexibility index (Phi) is 4.33. The predicted octanol–water partition coefficient (Wildman–Crippen LogP) is 3.67. The third-order valence-electron chi connectivity index (χ3n) is 2.52. The first-order valence-electron chi connectivity index (χ1n) is 5.54. The second-order valence-corrected chi connectivity index (χ2v) is 4.84. The maximum Gasteiger partial charge on any atom is 0.123 e. The molecular weight excluding hydrogens is 297 g/mol. The van der Waals surface area contributed by atoms with E-state index >= 15 is 0 Å². The number of hydrogen-bond acceptors (Lipinski definition) is 2. The molecule has 18 heavy (non-hydrogen) atoms. The highest BCUT2D eigenvalue weighted by Gasteiger charge is 2.07. The summed E-state index contributed by atoms with van der Waals surface area (Å²) in [6, 6.07) is 13.4. The van der Waals surface area contributed by atoms with Crippen LogP contribution < -0.4 is 10.5 Å². The van der Waals surface area contributed by atoms with Gasteiger partial charge in [-0.3, -0.25) is 0 Å². The molecule has 2 aromatic rings. The summed E-state index contributed by atoms with van der Waals surface area (Å²) in [5.41, 5.74) is 6.67. The minimum absolute atomic E-state index is 0.286. The smallest absolute Gasteiger partial charge is 0.123 e. The van der Waals surface area contributed by atoms with Crippen molar-refractivity contribution in [3.63, 3.8) is 0 Å². The summed E-state index contributed by atoms with van der Waals surface area (Å²) < 4.78 is 19.6. The fraction of sp³-hybridized carbons (Fsp3) is 0.143. The highest BCUT2D eigenvalue weighted by atomic mass is 79.9. The van der Waals surface area contributed by atoms with E-state index in [0.717, 1.165) is 15.8 Å². The molecule has 0 radical (unpaired) electrons. The first-order valence-corrected chi connectivity index (χ1v) is 6.34. The third-order valence-corrected chi connectivity index (χ3v) is 3.05. The summed E-state index contributed by atoms with van der Waals surface area (Å²) in [6.07, 6.45) is 0. The van der Waals surface area contributed by atoms with E-state index in [2.05, 4.69) is 15.9 Å². The molecule has 0 spiro atoms. The Morgan fingerprint density at radius 2 is 1.89 bits per heavy atom. The first-order chi connectivity index (χ1) is 8.65. The van der Waals surface area contributed by atoms with E-state index in [9.17, 15) is 4.39 Å². The minimum Gasteiger partial charge on any atom is -0.492 e. The zero-order chi connectivity index (χ0) is 13.0. The molecule has 0 saturated carbocycles. The van der Waals surface area contributed by atoms with Gasteiger partial charge in [-0.1, -0.05) is 28.1 Å². The second-order valence-electron chi connectivity index (χ2n) is 3.93. The first kappa shape index (κ1) is 13.1. The van der Waals surface area contributed by atoms with Crippen molar-refractivity contribution in [1.82, 2.24) is 0 Å². The molecule has 0 aromatic heterocycles. The van der Waals surface area contributed by atoms with Crippen molar-refractivity contribution in [2.24, 2.45) is 5.73 Å². The van der Waals surface area contributed by atoms with Crippen molar-refractivity contribution in [2.45, 2.75) is 6.04 Å². The van der Waals surface area contributed by atoms with Crippen molar-refractivity contribution in [3.05, 3.63) is 64.4 Å². The molecule has 0 heterocycles. The Balaban J connectivity index is 1.96. The van der Waals surface area contributed by atoms with Gasteiger partial charge < -0.3 is 10.5 Å². The van der Waals surface area contributed by atoms with Crippen LogP contribution in [0.3, 0.4) is 0 Å². The molecule has 2 rings (SSSR count). The maximum absolute atomic E-state index is 13.0. The summed E-state index contributed by atoms with van der Waals surface area (Å²) >= 11 is 3.35. The normalized spacial score (nSPS) is 12.2. The van der Waals surface area contributed by atoms with E-state index in [0.29, 0.717) is 6.61 Å². The minimum atomic E-state index is -0.343. The zero-order valence-electron chi connectivity index (χ0n) is 9.64. The average molecular weight is 310 g/mol. The van der Waals surface area contributed by atoms with Gasteiger partial charge in [0.1, 0.15) is 18.2 Å². The quantitative estimate of drug-likeness (QED) is 0.935. The van der Waals surface area contributed by atoms with Crippen LogP contribution in [-0.2, 0) is 0 Å². The topological polar surface area (TPSA) is 35.2 Å². The summed E-state index contributed by atoms with van der Waals surface area (Å²) in [7, 11) is 0. The number of rotatable bonds is 4. The van der Waals surface area contributed by atoms with E-state index in [4.69, 9.17) is 10.5 Å². The number of nitrogens with two attached hydrogens (primary N) is 1. The molecule has 4 heteroatoms. The zero-order valence-corrected chi connectivity index (χ0v) is 11.2. The number of halogens is 2. The molecule has 0 saturated heterocycles. The van der Waals surface area contributed by atoms with E-state index in [1.165, 1.54) is 12.1 Å². The molecule has 0 aliphatic carbocycles. The Labute approximate surface area is 114 Å². The van der Waals surface area contributed by atoms with Gasteiger partial charge in [-0.2, -0.15) is 0 Å². The van der Waals surface area contributed by atoms with Crippen molar-refractivity contribution in [2.75, 3.05) is 6.61 Å². The SMILES string of the molecule is NC(COc1ccc(Br)cc1)c1cccc(F)c1. The molecule has 0 bridgehead atoms. The van der Waals surface area contributed by atoms with E-state index < -0.39 is 0 Å². The second kappa shape index (κ2) is 5.98. The lowest BCUT2D eigenvalue weighted by atomic mass is 10.1. The van der Waals surface area contributed by atoms with E-state index in [1.54, 1.807) is 12.1 Å². The Hall–Kier alpha value is -1.39. The molecule has 1 atom stereocenters. The van der Waals surface area contributed by atoms with Crippen molar-refractivity contribution in [1.29, 1.82) is 0 Å². The van der Waals surface area contributed by atoms with Crippen LogP contribution in [0.25, 0.3) is 0 Å². The molecule has 0 aliphatic heterocycles. The third kappa shape index (κ3) is 3.55. The molecule has 2 N–H and O–H groups in total. The monoisotopic (exact) mass is 309 g/mol. The summed E-state index contributed by atoms with van der Waals surface area (Å²) in [4.78, 5) is 0.